The highest BCUT2D eigenvalue weighted by Crippen LogP contribution is 2.35. The van der Waals surface area contributed by atoms with E-state index in [1.165, 1.54) is 49.3 Å². The number of hydrogen-bond acceptors (Lipinski definition) is 6. The van der Waals surface area contributed by atoms with Gasteiger partial charge in [-0.25, -0.2) is 9.97 Å². The number of carboxylic acid groups (broad SMARTS) is 2. The zero-order chi connectivity index (χ0) is 21.6. The molecule has 1 fully saturated rings. The van der Waals surface area contributed by atoms with Crippen LogP contribution in [0.4, 0.5) is 5.95 Å². The molecule has 2 heterocycles. The van der Waals surface area contributed by atoms with E-state index >= 15 is 0 Å². The molecule has 2 N–H and O–H groups in total. The number of hydrogen-bond donors (Lipinski definition) is 2. The fourth-order valence-electron chi connectivity index (χ4n) is 4.26. The predicted molar refractivity (Wildman–Crippen MR) is 111 cm³/mol. The third-order valence-corrected chi connectivity index (χ3v) is 5.65. The van der Waals surface area contributed by atoms with E-state index in [2.05, 4.69) is 18.7 Å². The van der Waals surface area contributed by atoms with Gasteiger partial charge >= 0.3 is 11.9 Å². The maximum absolute atomic E-state index is 9.64. The minimum atomic E-state index is -1.08. The first kappa shape index (κ1) is 23.1. The molecule has 0 spiro atoms. The second kappa shape index (κ2) is 10.5. The van der Waals surface area contributed by atoms with Crippen LogP contribution in [0.5, 0.6) is 0 Å². The number of fused-ring (bicyclic) bond motifs is 2. The highest BCUT2D eigenvalue weighted by atomic mass is 16.4. The number of piperidine rings is 1. The van der Waals surface area contributed by atoms with Crippen LogP contribution < -0.4 is 4.90 Å². The number of rotatable bonds is 6. The standard InChI is InChI=1S/C17H28N4.C4H6O4/c1-5-8-21-9-6-7-13-10-15-14(11-16(13)21)12(2)18-17(19-15)20(3)4;5-3(6)1-2-4(7)8/h13,16H,5-11H2,1-4H3;1-2H2,(H,5,6)(H,7,8)/t13-,16?;/m0./s1. The Hall–Kier alpha value is -2.22. The first-order valence-corrected chi connectivity index (χ1v) is 10.4. The quantitative estimate of drug-likeness (QED) is 0.741. The summed E-state index contributed by atoms with van der Waals surface area (Å²) < 4.78 is 0. The van der Waals surface area contributed by atoms with Gasteiger partial charge in [-0.05, 0) is 63.6 Å². The highest BCUT2D eigenvalue weighted by Gasteiger charge is 2.36. The molecular weight excluding hydrogens is 372 g/mol. The molecule has 1 aliphatic carbocycles. The van der Waals surface area contributed by atoms with E-state index in [1.54, 1.807) is 0 Å². The van der Waals surface area contributed by atoms with Crippen LogP contribution >= 0.6 is 0 Å². The summed E-state index contributed by atoms with van der Waals surface area (Å²) in [6.07, 6.45) is 5.67. The van der Waals surface area contributed by atoms with Gasteiger partial charge in [-0.1, -0.05) is 6.92 Å². The van der Waals surface area contributed by atoms with Crippen LogP contribution in [0, 0.1) is 12.8 Å². The molecule has 0 bridgehead atoms. The van der Waals surface area contributed by atoms with Gasteiger partial charge < -0.3 is 15.1 Å². The van der Waals surface area contributed by atoms with E-state index in [9.17, 15) is 9.59 Å². The number of aliphatic carboxylic acids is 2. The maximum atomic E-state index is 9.64. The summed E-state index contributed by atoms with van der Waals surface area (Å²) in [6.45, 7) is 6.96. The molecule has 8 nitrogen and oxygen atoms in total. The van der Waals surface area contributed by atoms with Crippen LogP contribution in [0.15, 0.2) is 0 Å². The van der Waals surface area contributed by atoms with Crippen molar-refractivity contribution in [2.75, 3.05) is 32.1 Å². The number of likely N-dealkylation sites (tertiary alicyclic amines) is 1. The average molecular weight is 407 g/mol. The Morgan fingerprint density at radius 3 is 2.34 bits per heavy atom. The van der Waals surface area contributed by atoms with Gasteiger partial charge in [0.15, 0.2) is 0 Å². The SMILES string of the molecule is CCCN1CCC[C@H]2Cc3nc(N(C)C)nc(C)c3CC21.O=C(O)CCC(=O)O. The van der Waals surface area contributed by atoms with E-state index in [-0.39, 0.29) is 12.8 Å². The summed E-state index contributed by atoms with van der Waals surface area (Å²) in [7, 11) is 4.05. The Bertz CT molecular complexity index is 707. The Labute approximate surface area is 173 Å². The number of aromatic nitrogens is 2. The van der Waals surface area contributed by atoms with E-state index in [0.29, 0.717) is 0 Å². The summed E-state index contributed by atoms with van der Waals surface area (Å²) >= 11 is 0. The lowest BCUT2D eigenvalue weighted by atomic mass is 9.76. The van der Waals surface area contributed by atoms with Crippen LogP contribution in [-0.4, -0.2) is 70.2 Å². The predicted octanol–water partition coefficient (Wildman–Crippen LogP) is 2.38. The van der Waals surface area contributed by atoms with Crippen molar-refractivity contribution in [2.45, 2.75) is 64.8 Å². The molecule has 2 aliphatic rings. The van der Waals surface area contributed by atoms with E-state index < -0.39 is 11.9 Å². The Morgan fingerprint density at radius 1 is 1.14 bits per heavy atom. The molecule has 162 valence electrons. The molecule has 1 aliphatic heterocycles. The normalized spacial score (nSPS) is 20.7. The largest absolute Gasteiger partial charge is 0.481 e. The molecule has 0 aromatic carbocycles. The maximum Gasteiger partial charge on any atom is 0.303 e. The lowest BCUT2D eigenvalue weighted by molar-refractivity contribution is -0.143. The molecule has 0 amide bonds. The molecule has 2 atom stereocenters. The Balaban J connectivity index is 0.000000321. The monoisotopic (exact) mass is 406 g/mol. The molecule has 3 rings (SSSR count). The van der Waals surface area contributed by atoms with E-state index in [4.69, 9.17) is 20.2 Å². The molecule has 1 aromatic rings. The van der Waals surface area contributed by atoms with Crippen molar-refractivity contribution in [1.82, 2.24) is 14.9 Å². The van der Waals surface area contributed by atoms with Gasteiger partial charge in [0.1, 0.15) is 0 Å². The van der Waals surface area contributed by atoms with Crippen molar-refractivity contribution in [2.24, 2.45) is 5.92 Å². The second-order valence-corrected chi connectivity index (χ2v) is 8.13. The molecule has 8 heteroatoms. The molecule has 29 heavy (non-hydrogen) atoms. The van der Waals surface area contributed by atoms with Gasteiger partial charge in [-0.15, -0.1) is 0 Å². The van der Waals surface area contributed by atoms with Crippen molar-refractivity contribution in [3.05, 3.63) is 17.0 Å². The van der Waals surface area contributed by atoms with Crippen LogP contribution in [0.25, 0.3) is 0 Å². The minimum Gasteiger partial charge on any atom is -0.481 e. The second-order valence-electron chi connectivity index (χ2n) is 8.13. The minimum absolute atomic E-state index is 0.296. The molecule has 1 aromatic heterocycles. The molecular formula is C21H34N4O4. The Kier molecular flexibility index (Phi) is 8.37. The molecule has 0 saturated carbocycles. The summed E-state index contributed by atoms with van der Waals surface area (Å²) in [5, 5.41) is 15.8. The smallest absolute Gasteiger partial charge is 0.303 e. The third-order valence-electron chi connectivity index (χ3n) is 5.65. The number of carboxylic acids is 2. The first-order chi connectivity index (χ1) is 13.7. The lowest BCUT2D eigenvalue weighted by Crippen LogP contribution is -2.49. The summed E-state index contributed by atoms with van der Waals surface area (Å²) in [5.74, 6) is -0.493. The van der Waals surface area contributed by atoms with Crippen LogP contribution in [0.1, 0.15) is 56.0 Å². The number of anilines is 1. The van der Waals surface area contributed by atoms with Crippen LogP contribution in [-0.2, 0) is 22.4 Å². The van der Waals surface area contributed by atoms with E-state index in [0.717, 1.165) is 30.7 Å². The van der Waals surface area contributed by atoms with Gasteiger partial charge in [-0.2, -0.15) is 0 Å². The van der Waals surface area contributed by atoms with Crippen molar-refractivity contribution in [1.29, 1.82) is 0 Å². The fraction of sp³-hybridized carbons (Fsp3) is 0.714. The number of carbonyl (C=O) groups is 2. The average Bonchev–Trinajstić information content (AvgIpc) is 2.66. The summed E-state index contributed by atoms with van der Waals surface area (Å²) in [6, 6.07) is 0.721. The van der Waals surface area contributed by atoms with Gasteiger partial charge in [0.05, 0.1) is 12.8 Å². The van der Waals surface area contributed by atoms with Crippen LogP contribution in [0.3, 0.4) is 0 Å². The summed E-state index contributed by atoms with van der Waals surface area (Å²) in [5.41, 5.74) is 3.92. The molecule has 0 radical (unpaired) electrons. The zero-order valence-electron chi connectivity index (χ0n) is 18.0. The molecule has 1 saturated heterocycles. The van der Waals surface area contributed by atoms with Crippen molar-refractivity contribution in [3.63, 3.8) is 0 Å². The number of aryl methyl sites for hydroxylation is 1. The van der Waals surface area contributed by atoms with Gasteiger partial charge in [0.25, 0.3) is 0 Å². The van der Waals surface area contributed by atoms with Gasteiger partial charge in [0, 0.05) is 31.5 Å². The van der Waals surface area contributed by atoms with Crippen molar-refractivity contribution >= 4 is 17.9 Å². The fourth-order valence-corrected chi connectivity index (χ4v) is 4.26. The van der Waals surface area contributed by atoms with E-state index in [1.807, 2.05) is 19.0 Å². The zero-order valence-corrected chi connectivity index (χ0v) is 18.0. The van der Waals surface area contributed by atoms with Gasteiger partial charge in [-0.3, -0.25) is 14.5 Å². The van der Waals surface area contributed by atoms with Crippen molar-refractivity contribution < 1.29 is 19.8 Å². The van der Waals surface area contributed by atoms with Crippen LogP contribution in [0.2, 0.25) is 0 Å². The summed E-state index contributed by atoms with van der Waals surface area (Å²) in [4.78, 5) is 33.5. The molecule has 1 unspecified atom stereocenters. The van der Waals surface area contributed by atoms with Crippen molar-refractivity contribution in [3.8, 4) is 0 Å². The third kappa shape index (κ3) is 6.39. The topological polar surface area (TPSA) is 107 Å². The number of nitrogens with zero attached hydrogens (tertiary/aromatic N) is 4. The first-order valence-electron chi connectivity index (χ1n) is 10.4. The van der Waals surface area contributed by atoms with Gasteiger partial charge in [0.2, 0.25) is 5.95 Å². The Morgan fingerprint density at radius 2 is 1.79 bits per heavy atom. The highest BCUT2D eigenvalue weighted by molar-refractivity contribution is 5.75. The lowest BCUT2D eigenvalue weighted by Gasteiger charge is -2.44.